The Labute approximate surface area is 182 Å². The quantitative estimate of drug-likeness (QED) is 0.471. The number of benzene rings is 2. The van der Waals surface area contributed by atoms with Crippen molar-refractivity contribution >= 4 is 23.4 Å². The molecular weight excluding hydrogens is 410 g/mol. The lowest BCUT2D eigenvalue weighted by atomic mass is 10.0. The number of hydrogen-bond acceptors (Lipinski definition) is 6. The second-order valence-electron chi connectivity index (χ2n) is 7.28. The van der Waals surface area contributed by atoms with Crippen LogP contribution in [0.4, 0.5) is 5.69 Å². The van der Waals surface area contributed by atoms with Crippen LogP contribution in [0.1, 0.15) is 42.7 Å². The summed E-state index contributed by atoms with van der Waals surface area (Å²) in [4.78, 5) is 43.8. The summed E-state index contributed by atoms with van der Waals surface area (Å²) in [5.74, 6) is 0.309. The number of rotatable bonds is 5. The third-order valence-electron chi connectivity index (χ3n) is 5.14. The number of para-hydroxylation sites is 1. The van der Waals surface area contributed by atoms with Crippen LogP contribution in [0.25, 0.3) is 11.4 Å². The number of hydrogen-bond donors (Lipinski definition) is 2. The van der Waals surface area contributed by atoms with E-state index >= 15 is 0 Å². The Morgan fingerprint density at radius 1 is 1.03 bits per heavy atom. The molecule has 1 aliphatic heterocycles. The highest BCUT2D eigenvalue weighted by molar-refractivity contribution is 6.22. The van der Waals surface area contributed by atoms with Crippen molar-refractivity contribution in [2.75, 3.05) is 5.32 Å². The van der Waals surface area contributed by atoms with Gasteiger partial charge < -0.3 is 9.73 Å². The monoisotopic (exact) mass is 427 g/mol. The number of aromatic amines is 1. The highest BCUT2D eigenvalue weighted by atomic mass is 16.3. The minimum atomic E-state index is -0.465. The Kier molecular flexibility index (Phi) is 4.63. The van der Waals surface area contributed by atoms with Crippen LogP contribution in [-0.4, -0.2) is 37.8 Å². The molecule has 5 rings (SSSR count). The number of nitrogens with one attached hydrogen (secondary N) is 2. The van der Waals surface area contributed by atoms with E-state index in [0.717, 1.165) is 4.90 Å². The first-order valence-electron chi connectivity index (χ1n) is 9.83. The maximum absolute atomic E-state index is 12.9. The smallest absolute Gasteiger partial charge is 0.261 e. The van der Waals surface area contributed by atoms with E-state index < -0.39 is 17.7 Å². The molecule has 0 spiro atoms. The molecule has 2 N–H and O–H groups in total. The lowest BCUT2D eigenvalue weighted by Crippen LogP contribution is -2.28. The van der Waals surface area contributed by atoms with Crippen LogP contribution in [0.3, 0.4) is 0 Å². The first kappa shape index (κ1) is 19.4. The number of nitrogens with zero attached hydrogens (tertiary/aromatic N) is 3. The average Bonchev–Trinajstić information content (AvgIpc) is 3.52. The van der Waals surface area contributed by atoms with Crippen LogP contribution in [0, 0.1) is 6.92 Å². The summed E-state index contributed by atoms with van der Waals surface area (Å²) in [6, 6.07) is 15.0. The number of anilines is 1. The van der Waals surface area contributed by atoms with Gasteiger partial charge in [-0.3, -0.25) is 24.4 Å². The summed E-state index contributed by atoms with van der Waals surface area (Å²) in [6.45, 7) is 1.82. The Balaban J connectivity index is 1.40. The lowest BCUT2D eigenvalue weighted by Gasteiger charge is -2.11. The normalized spacial score (nSPS) is 12.8. The number of H-pyrrole nitrogens is 1. The largest absolute Gasteiger partial charge is 0.467 e. The topological polar surface area (TPSA) is 121 Å². The minimum absolute atomic E-state index is 0.0321. The minimum Gasteiger partial charge on any atom is -0.467 e. The fourth-order valence-electron chi connectivity index (χ4n) is 3.58. The molecule has 3 heterocycles. The molecule has 0 radical (unpaired) electrons. The highest BCUT2D eigenvalue weighted by Gasteiger charge is 2.36. The van der Waals surface area contributed by atoms with Crippen LogP contribution in [-0.2, 0) is 6.54 Å². The standard InChI is InChI=1S/C23H17N5O4/c1-13-24-20(27-26-13)17-6-2-3-7-19(17)25-21(29)14-8-9-16-18(11-14)23(31)28(22(16)30)12-15-5-4-10-32-15/h2-11H,12H2,1H3,(H,25,29)(H,24,26,27). The van der Waals surface area contributed by atoms with Crippen LogP contribution in [0.5, 0.6) is 0 Å². The molecule has 0 bridgehead atoms. The van der Waals surface area contributed by atoms with Crippen molar-refractivity contribution in [3.05, 3.63) is 89.1 Å². The molecule has 0 fully saturated rings. The number of furan rings is 1. The maximum Gasteiger partial charge on any atom is 0.261 e. The SMILES string of the molecule is Cc1nc(-c2ccccc2NC(=O)c2ccc3c(c2)C(=O)N(Cc2ccco2)C3=O)n[nH]1. The molecule has 2 aromatic carbocycles. The summed E-state index contributed by atoms with van der Waals surface area (Å²) in [5.41, 5.74) is 1.88. The molecule has 0 saturated carbocycles. The fraction of sp³-hybridized carbons (Fsp3) is 0.0870. The van der Waals surface area contributed by atoms with Crippen LogP contribution in [0.2, 0.25) is 0 Å². The molecule has 0 aliphatic carbocycles. The number of aromatic nitrogens is 3. The number of carbonyl (C=O) groups excluding carboxylic acids is 3. The van der Waals surface area contributed by atoms with Crippen molar-refractivity contribution in [3.63, 3.8) is 0 Å². The van der Waals surface area contributed by atoms with Crippen molar-refractivity contribution in [1.82, 2.24) is 20.1 Å². The van der Waals surface area contributed by atoms with Gasteiger partial charge in [-0.2, -0.15) is 5.10 Å². The molecular formula is C23H17N5O4. The van der Waals surface area contributed by atoms with E-state index in [9.17, 15) is 14.4 Å². The van der Waals surface area contributed by atoms with E-state index in [1.807, 2.05) is 6.07 Å². The third-order valence-corrected chi connectivity index (χ3v) is 5.14. The van der Waals surface area contributed by atoms with Gasteiger partial charge in [-0.25, -0.2) is 4.98 Å². The van der Waals surface area contributed by atoms with Gasteiger partial charge in [0.05, 0.1) is 29.6 Å². The predicted molar refractivity (Wildman–Crippen MR) is 114 cm³/mol. The molecule has 0 atom stereocenters. The van der Waals surface area contributed by atoms with E-state index in [1.54, 1.807) is 37.3 Å². The van der Waals surface area contributed by atoms with Gasteiger partial charge in [0.2, 0.25) is 0 Å². The van der Waals surface area contributed by atoms with Gasteiger partial charge in [0.25, 0.3) is 17.7 Å². The Bertz CT molecular complexity index is 1360. The maximum atomic E-state index is 12.9. The first-order valence-corrected chi connectivity index (χ1v) is 9.83. The summed E-state index contributed by atoms with van der Waals surface area (Å²) < 4.78 is 5.25. The fourth-order valence-corrected chi connectivity index (χ4v) is 3.58. The van der Waals surface area contributed by atoms with Crippen molar-refractivity contribution in [1.29, 1.82) is 0 Å². The summed E-state index contributed by atoms with van der Waals surface area (Å²) >= 11 is 0. The molecule has 3 amide bonds. The van der Waals surface area contributed by atoms with E-state index in [2.05, 4.69) is 20.5 Å². The molecule has 9 heteroatoms. The van der Waals surface area contributed by atoms with Gasteiger partial charge in [-0.1, -0.05) is 12.1 Å². The van der Waals surface area contributed by atoms with Gasteiger partial charge in [0.15, 0.2) is 5.82 Å². The second kappa shape index (κ2) is 7.62. The Morgan fingerprint density at radius 3 is 2.59 bits per heavy atom. The van der Waals surface area contributed by atoms with Crippen LogP contribution < -0.4 is 5.32 Å². The molecule has 1 aliphatic rings. The van der Waals surface area contributed by atoms with E-state index in [1.165, 1.54) is 24.5 Å². The Morgan fingerprint density at radius 2 is 1.84 bits per heavy atom. The summed E-state index contributed by atoms with van der Waals surface area (Å²) in [6.07, 6.45) is 1.48. The predicted octanol–water partition coefficient (Wildman–Crippen LogP) is 3.42. The zero-order valence-electron chi connectivity index (χ0n) is 17.0. The first-order chi connectivity index (χ1) is 15.5. The number of amides is 3. The molecule has 9 nitrogen and oxygen atoms in total. The van der Waals surface area contributed by atoms with Gasteiger partial charge in [-0.05, 0) is 49.4 Å². The average molecular weight is 427 g/mol. The van der Waals surface area contributed by atoms with Crippen molar-refractivity contribution in [2.24, 2.45) is 0 Å². The van der Waals surface area contributed by atoms with Crippen molar-refractivity contribution in [3.8, 4) is 11.4 Å². The zero-order chi connectivity index (χ0) is 22.2. The van der Waals surface area contributed by atoms with Gasteiger partial charge >= 0.3 is 0 Å². The van der Waals surface area contributed by atoms with Gasteiger partial charge in [0.1, 0.15) is 11.6 Å². The third kappa shape index (κ3) is 3.35. The number of imide groups is 1. The van der Waals surface area contributed by atoms with E-state index in [4.69, 9.17) is 4.42 Å². The number of fused-ring (bicyclic) bond motifs is 1. The summed E-state index contributed by atoms with van der Waals surface area (Å²) in [5, 5.41) is 9.77. The van der Waals surface area contributed by atoms with Gasteiger partial charge in [-0.15, -0.1) is 0 Å². The molecule has 2 aromatic heterocycles. The van der Waals surface area contributed by atoms with Crippen LogP contribution >= 0.6 is 0 Å². The molecule has 4 aromatic rings. The lowest BCUT2D eigenvalue weighted by molar-refractivity contribution is 0.0631. The molecule has 32 heavy (non-hydrogen) atoms. The molecule has 0 unspecified atom stereocenters. The molecule has 158 valence electrons. The van der Waals surface area contributed by atoms with Crippen molar-refractivity contribution in [2.45, 2.75) is 13.5 Å². The van der Waals surface area contributed by atoms with Crippen LogP contribution in [0.15, 0.2) is 65.3 Å². The highest BCUT2D eigenvalue weighted by Crippen LogP contribution is 2.28. The zero-order valence-corrected chi connectivity index (χ0v) is 17.0. The molecule has 0 saturated heterocycles. The van der Waals surface area contributed by atoms with E-state index in [0.29, 0.717) is 28.7 Å². The Hall–Kier alpha value is -4.53. The van der Waals surface area contributed by atoms with Crippen molar-refractivity contribution < 1.29 is 18.8 Å². The number of carbonyl (C=O) groups is 3. The van der Waals surface area contributed by atoms with E-state index in [-0.39, 0.29) is 23.2 Å². The number of aryl methyl sites for hydroxylation is 1. The second-order valence-corrected chi connectivity index (χ2v) is 7.28. The summed E-state index contributed by atoms with van der Waals surface area (Å²) in [7, 11) is 0. The van der Waals surface area contributed by atoms with Gasteiger partial charge in [0, 0.05) is 11.1 Å².